The van der Waals surface area contributed by atoms with Crippen molar-refractivity contribution in [2.24, 2.45) is 0 Å². The first-order chi connectivity index (χ1) is 19.2. The molecule has 1 heterocycles. The third-order valence-corrected chi connectivity index (χ3v) is 7.00. The van der Waals surface area contributed by atoms with Crippen LogP contribution >= 0.6 is 15.9 Å². The molecule has 202 valence electrons. The highest BCUT2D eigenvalue weighted by Crippen LogP contribution is 2.38. The van der Waals surface area contributed by atoms with E-state index in [4.69, 9.17) is 9.47 Å². The number of halogens is 1. The summed E-state index contributed by atoms with van der Waals surface area (Å²) in [5.41, 5.74) is 3.54. The minimum Gasteiger partial charge on any atom is -0.490 e. The molecule has 0 bridgehead atoms. The number of rotatable bonds is 7. The van der Waals surface area contributed by atoms with E-state index in [1.807, 2.05) is 45.0 Å². The Bertz CT molecular complexity index is 1670. The van der Waals surface area contributed by atoms with E-state index in [0.717, 1.165) is 32.4 Å². The van der Waals surface area contributed by atoms with Crippen LogP contribution < -0.4 is 19.7 Å². The maximum absolute atomic E-state index is 13.4. The number of hydrogen-bond acceptors (Lipinski definition) is 5. The zero-order valence-electron chi connectivity index (χ0n) is 22.3. The molecule has 8 heteroatoms. The van der Waals surface area contributed by atoms with Crippen LogP contribution in [0.2, 0.25) is 0 Å². The molecule has 5 rings (SSSR count). The van der Waals surface area contributed by atoms with Crippen molar-refractivity contribution in [3.63, 3.8) is 0 Å². The van der Waals surface area contributed by atoms with Crippen LogP contribution in [0.4, 0.5) is 10.5 Å². The number of nitrogens with one attached hydrogen (secondary N) is 1. The summed E-state index contributed by atoms with van der Waals surface area (Å²) < 4.78 is 12.6. The molecule has 4 amide bonds. The van der Waals surface area contributed by atoms with Gasteiger partial charge in [-0.2, -0.15) is 0 Å². The second-order valence-electron chi connectivity index (χ2n) is 9.54. The monoisotopic (exact) mass is 598 g/mol. The van der Waals surface area contributed by atoms with E-state index in [2.05, 4.69) is 45.5 Å². The first kappa shape index (κ1) is 27.1. The molecule has 0 unspecified atom stereocenters. The summed E-state index contributed by atoms with van der Waals surface area (Å²) in [6, 6.07) is 22.3. The molecule has 1 N–H and O–H groups in total. The average molecular weight is 599 g/mol. The molecule has 0 radical (unpaired) electrons. The standard InChI is InChI=1S/C32H27BrN2O5/c1-4-39-28-17-22(16-27(33)29(28)40-18-21-9-10-23-7-5-6-8-24(23)14-21)15-26-30(36)34-32(38)35(31(26)37)25-12-19(2)11-20(3)13-25/h5-17H,4,18H2,1-3H3,(H,34,36,38)/b26-15+. The second kappa shape index (κ2) is 11.4. The van der Waals surface area contributed by atoms with Gasteiger partial charge in [0.25, 0.3) is 11.8 Å². The van der Waals surface area contributed by atoms with Crippen molar-refractivity contribution < 1.29 is 23.9 Å². The molecule has 0 aromatic heterocycles. The van der Waals surface area contributed by atoms with Crippen LogP contribution in [0.25, 0.3) is 16.8 Å². The molecular formula is C32H27BrN2O5. The molecule has 7 nitrogen and oxygen atoms in total. The van der Waals surface area contributed by atoms with Gasteiger partial charge in [0.2, 0.25) is 0 Å². The molecule has 1 saturated heterocycles. The summed E-state index contributed by atoms with van der Waals surface area (Å²) in [4.78, 5) is 39.7. The second-order valence-corrected chi connectivity index (χ2v) is 10.4. The summed E-state index contributed by atoms with van der Waals surface area (Å²) in [5, 5.41) is 4.55. The highest BCUT2D eigenvalue weighted by molar-refractivity contribution is 9.10. The van der Waals surface area contributed by atoms with E-state index < -0.39 is 17.8 Å². The zero-order chi connectivity index (χ0) is 28.4. The molecule has 1 aliphatic rings. The molecule has 40 heavy (non-hydrogen) atoms. The topological polar surface area (TPSA) is 84.9 Å². The fourth-order valence-corrected chi connectivity index (χ4v) is 5.27. The number of aryl methyl sites for hydroxylation is 2. The lowest BCUT2D eigenvalue weighted by molar-refractivity contribution is -0.122. The SMILES string of the molecule is CCOc1cc(/C=C2\C(=O)NC(=O)N(c3cc(C)cc(C)c3)C2=O)cc(Br)c1OCc1ccc2ccccc2c1. The van der Waals surface area contributed by atoms with Gasteiger partial charge in [-0.15, -0.1) is 0 Å². The third kappa shape index (κ3) is 5.62. The molecular weight excluding hydrogens is 572 g/mol. The van der Waals surface area contributed by atoms with Crippen molar-refractivity contribution in [3.05, 3.63) is 105 Å². The van der Waals surface area contributed by atoms with Crippen LogP contribution in [-0.4, -0.2) is 24.5 Å². The average Bonchev–Trinajstić information content (AvgIpc) is 2.90. The van der Waals surface area contributed by atoms with Crippen molar-refractivity contribution in [1.82, 2.24) is 5.32 Å². The molecule has 0 atom stereocenters. The summed E-state index contributed by atoms with van der Waals surface area (Å²) in [5.74, 6) is -0.509. The van der Waals surface area contributed by atoms with Gasteiger partial charge in [-0.3, -0.25) is 14.9 Å². The van der Waals surface area contributed by atoms with E-state index in [0.29, 0.717) is 40.4 Å². The Kier molecular flexibility index (Phi) is 7.71. The fraction of sp³-hybridized carbons (Fsp3) is 0.156. The van der Waals surface area contributed by atoms with Crippen LogP contribution in [-0.2, 0) is 16.2 Å². The maximum atomic E-state index is 13.4. The third-order valence-electron chi connectivity index (χ3n) is 6.41. The summed E-state index contributed by atoms with van der Waals surface area (Å²) in [7, 11) is 0. The van der Waals surface area contributed by atoms with Gasteiger partial charge >= 0.3 is 6.03 Å². The summed E-state index contributed by atoms with van der Waals surface area (Å²) in [6.45, 7) is 6.31. The van der Waals surface area contributed by atoms with Crippen molar-refractivity contribution in [2.75, 3.05) is 11.5 Å². The Morgan fingerprint density at radius 2 is 1.60 bits per heavy atom. The number of urea groups is 1. The Morgan fingerprint density at radius 1 is 0.875 bits per heavy atom. The first-order valence-electron chi connectivity index (χ1n) is 12.8. The van der Waals surface area contributed by atoms with E-state index in [-0.39, 0.29) is 5.57 Å². The molecule has 4 aromatic rings. The van der Waals surface area contributed by atoms with E-state index in [9.17, 15) is 14.4 Å². The number of benzene rings is 4. The van der Waals surface area contributed by atoms with Gasteiger partial charge in [-0.05, 0) is 106 Å². The van der Waals surface area contributed by atoms with E-state index in [1.165, 1.54) is 6.08 Å². The lowest BCUT2D eigenvalue weighted by Crippen LogP contribution is -2.54. The number of ether oxygens (including phenoxy) is 2. The van der Waals surface area contributed by atoms with Crippen LogP contribution in [0.3, 0.4) is 0 Å². The minimum absolute atomic E-state index is 0.169. The van der Waals surface area contributed by atoms with Crippen molar-refractivity contribution in [2.45, 2.75) is 27.4 Å². The fourth-order valence-electron chi connectivity index (χ4n) is 4.70. The molecule has 1 fully saturated rings. The predicted molar refractivity (Wildman–Crippen MR) is 159 cm³/mol. The lowest BCUT2D eigenvalue weighted by Gasteiger charge is -2.27. The quantitative estimate of drug-likeness (QED) is 0.185. The summed E-state index contributed by atoms with van der Waals surface area (Å²) in [6.07, 6.45) is 1.44. The van der Waals surface area contributed by atoms with Gasteiger partial charge in [0.15, 0.2) is 11.5 Å². The van der Waals surface area contributed by atoms with E-state index >= 15 is 0 Å². The minimum atomic E-state index is -0.786. The number of nitrogens with zero attached hydrogens (tertiary/aromatic N) is 1. The van der Waals surface area contributed by atoms with Crippen LogP contribution in [0.15, 0.2) is 82.8 Å². The van der Waals surface area contributed by atoms with Gasteiger partial charge in [-0.25, -0.2) is 9.69 Å². The number of anilines is 1. The van der Waals surface area contributed by atoms with Crippen LogP contribution in [0, 0.1) is 13.8 Å². The number of hydrogen-bond donors (Lipinski definition) is 1. The molecule has 0 spiro atoms. The van der Waals surface area contributed by atoms with Gasteiger partial charge in [0.1, 0.15) is 12.2 Å². The number of carbonyl (C=O) groups excluding carboxylic acids is 3. The lowest BCUT2D eigenvalue weighted by atomic mass is 10.0. The molecule has 1 aliphatic heterocycles. The Labute approximate surface area is 240 Å². The molecule has 0 saturated carbocycles. The Morgan fingerprint density at radius 3 is 2.33 bits per heavy atom. The zero-order valence-corrected chi connectivity index (χ0v) is 23.9. The highest BCUT2D eigenvalue weighted by atomic mass is 79.9. The van der Waals surface area contributed by atoms with Gasteiger partial charge in [-0.1, -0.05) is 42.5 Å². The highest BCUT2D eigenvalue weighted by Gasteiger charge is 2.37. The maximum Gasteiger partial charge on any atom is 0.335 e. The van der Waals surface area contributed by atoms with Crippen molar-refractivity contribution in [3.8, 4) is 11.5 Å². The smallest absolute Gasteiger partial charge is 0.335 e. The normalized spacial score (nSPS) is 14.6. The van der Waals surface area contributed by atoms with Crippen LogP contribution in [0.1, 0.15) is 29.2 Å². The first-order valence-corrected chi connectivity index (χ1v) is 13.6. The van der Waals surface area contributed by atoms with Gasteiger partial charge in [0, 0.05) is 0 Å². The van der Waals surface area contributed by atoms with E-state index in [1.54, 1.807) is 24.3 Å². The number of amides is 4. The van der Waals surface area contributed by atoms with Gasteiger partial charge in [0.05, 0.1) is 16.8 Å². The number of barbiturate groups is 1. The summed E-state index contributed by atoms with van der Waals surface area (Å²) >= 11 is 3.57. The Balaban J connectivity index is 1.45. The number of imide groups is 2. The Hall–Kier alpha value is -4.43. The van der Waals surface area contributed by atoms with Crippen LogP contribution in [0.5, 0.6) is 11.5 Å². The van der Waals surface area contributed by atoms with Gasteiger partial charge < -0.3 is 9.47 Å². The number of fused-ring (bicyclic) bond motifs is 1. The van der Waals surface area contributed by atoms with Crippen molar-refractivity contribution >= 4 is 56.3 Å². The molecule has 0 aliphatic carbocycles. The predicted octanol–water partition coefficient (Wildman–Crippen LogP) is 6.86. The molecule has 4 aromatic carbocycles. The number of carbonyl (C=O) groups is 3. The largest absolute Gasteiger partial charge is 0.490 e. The van der Waals surface area contributed by atoms with Crippen molar-refractivity contribution in [1.29, 1.82) is 0 Å².